The highest BCUT2D eigenvalue weighted by molar-refractivity contribution is 7.92. The van der Waals surface area contributed by atoms with Crippen molar-refractivity contribution in [3.63, 3.8) is 0 Å². The molecule has 34 heavy (non-hydrogen) atoms. The molecule has 1 aromatic heterocycles. The van der Waals surface area contributed by atoms with E-state index in [1.165, 1.54) is 19.2 Å². The van der Waals surface area contributed by atoms with Gasteiger partial charge in [-0.05, 0) is 55.0 Å². The van der Waals surface area contributed by atoms with Crippen LogP contribution in [0.3, 0.4) is 0 Å². The van der Waals surface area contributed by atoms with E-state index in [9.17, 15) is 18.0 Å². The standard InChI is InChI=1S/C24H19N5O4S/c1-14-6-5-7-16(12-14)34(32,33)28-22-21(26-19-8-3-4-9-20(19)27-22)25-15-10-11-17-18(13-15)24(31)29(2)23(17)30/h3-13H,1-2H3,(H,25,26)(H,27,28). The molecule has 0 spiro atoms. The molecule has 0 saturated carbocycles. The highest BCUT2D eigenvalue weighted by Crippen LogP contribution is 2.30. The SMILES string of the molecule is Cc1cccc(S(=O)(=O)Nc2nc3ccccc3nc2Nc2ccc3c(c2)C(=O)N(C)C3=O)c1. The summed E-state index contributed by atoms with van der Waals surface area (Å²) in [6.45, 7) is 1.80. The van der Waals surface area contributed by atoms with Gasteiger partial charge in [-0.25, -0.2) is 18.4 Å². The second kappa shape index (κ2) is 7.92. The number of amides is 2. The Morgan fingerprint density at radius 3 is 2.18 bits per heavy atom. The van der Waals surface area contributed by atoms with Gasteiger partial charge in [0.25, 0.3) is 21.8 Å². The van der Waals surface area contributed by atoms with Crippen LogP contribution in [-0.2, 0) is 10.0 Å². The number of nitrogens with one attached hydrogen (secondary N) is 2. The van der Waals surface area contributed by atoms with Gasteiger partial charge < -0.3 is 5.32 Å². The summed E-state index contributed by atoms with van der Waals surface area (Å²) in [4.78, 5) is 34.7. The van der Waals surface area contributed by atoms with Gasteiger partial charge in [-0.15, -0.1) is 0 Å². The second-order valence-electron chi connectivity index (χ2n) is 7.89. The molecular weight excluding hydrogens is 454 g/mol. The first-order valence-electron chi connectivity index (χ1n) is 10.3. The quantitative estimate of drug-likeness (QED) is 0.424. The van der Waals surface area contributed by atoms with E-state index in [0.717, 1.165) is 10.5 Å². The summed E-state index contributed by atoms with van der Waals surface area (Å²) in [6.07, 6.45) is 0. The molecule has 10 heteroatoms. The summed E-state index contributed by atoms with van der Waals surface area (Å²) in [5, 5.41) is 3.05. The molecule has 5 rings (SSSR count). The van der Waals surface area contributed by atoms with Crippen molar-refractivity contribution in [3.05, 3.63) is 83.4 Å². The van der Waals surface area contributed by atoms with Crippen molar-refractivity contribution < 1.29 is 18.0 Å². The molecule has 170 valence electrons. The van der Waals surface area contributed by atoms with Crippen molar-refractivity contribution in [2.45, 2.75) is 11.8 Å². The van der Waals surface area contributed by atoms with Crippen molar-refractivity contribution in [1.29, 1.82) is 0 Å². The number of aryl methyl sites for hydroxylation is 1. The Labute approximate surface area is 195 Å². The molecule has 2 N–H and O–H groups in total. The van der Waals surface area contributed by atoms with Gasteiger partial charge in [-0.2, -0.15) is 0 Å². The minimum Gasteiger partial charge on any atom is -0.337 e. The normalized spacial score (nSPS) is 13.3. The number of imide groups is 1. The summed E-state index contributed by atoms with van der Waals surface area (Å²) < 4.78 is 28.7. The number of hydrogen-bond acceptors (Lipinski definition) is 7. The number of para-hydroxylation sites is 2. The maximum Gasteiger partial charge on any atom is 0.263 e. The molecule has 1 aliphatic heterocycles. The summed E-state index contributed by atoms with van der Waals surface area (Å²) in [5.41, 5.74) is 2.88. The fourth-order valence-electron chi connectivity index (χ4n) is 3.70. The van der Waals surface area contributed by atoms with E-state index in [4.69, 9.17) is 0 Å². The molecule has 1 aliphatic rings. The largest absolute Gasteiger partial charge is 0.337 e. The van der Waals surface area contributed by atoms with E-state index in [2.05, 4.69) is 20.0 Å². The molecule has 0 atom stereocenters. The Bertz CT molecular complexity index is 1600. The number of benzene rings is 3. The first-order valence-corrected chi connectivity index (χ1v) is 11.8. The van der Waals surface area contributed by atoms with Crippen molar-refractivity contribution in [3.8, 4) is 0 Å². The lowest BCUT2D eigenvalue weighted by Crippen LogP contribution is -2.24. The lowest BCUT2D eigenvalue weighted by Gasteiger charge is -2.14. The molecule has 4 aromatic rings. The van der Waals surface area contributed by atoms with Crippen LogP contribution in [-0.4, -0.2) is 42.1 Å². The zero-order valence-electron chi connectivity index (χ0n) is 18.2. The van der Waals surface area contributed by atoms with Crippen LogP contribution in [0.5, 0.6) is 0 Å². The number of aromatic nitrogens is 2. The Kier molecular flexibility index (Phi) is 5.02. The van der Waals surface area contributed by atoms with Crippen LogP contribution in [0.1, 0.15) is 26.3 Å². The van der Waals surface area contributed by atoms with Crippen LogP contribution < -0.4 is 10.0 Å². The first-order chi connectivity index (χ1) is 16.2. The van der Waals surface area contributed by atoms with E-state index >= 15 is 0 Å². The van der Waals surface area contributed by atoms with Gasteiger partial charge in [-0.3, -0.25) is 19.2 Å². The summed E-state index contributed by atoms with van der Waals surface area (Å²) in [5.74, 6) is -0.627. The topological polar surface area (TPSA) is 121 Å². The van der Waals surface area contributed by atoms with Crippen molar-refractivity contribution in [1.82, 2.24) is 14.9 Å². The highest BCUT2D eigenvalue weighted by Gasteiger charge is 2.32. The van der Waals surface area contributed by atoms with Crippen molar-refractivity contribution >= 4 is 50.2 Å². The predicted molar refractivity (Wildman–Crippen MR) is 128 cm³/mol. The Morgan fingerprint density at radius 1 is 0.794 bits per heavy atom. The number of fused-ring (bicyclic) bond motifs is 2. The molecule has 2 heterocycles. The smallest absolute Gasteiger partial charge is 0.263 e. The lowest BCUT2D eigenvalue weighted by molar-refractivity contribution is 0.0693. The van der Waals surface area contributed by atoms with E-state index < -0.39 is 15.9 Å². The molecule has 2 amide bonds. The van der Waals surface area contributed by atoms with Gasteiger partial charge in [0, 0.05) is 12.7 Å². The summed E-state index contributed by atoms with van der Waals surface area (Å²) >= 11 is 0. The van der Waals surface area contributed by atoms with Gasteiger partial charge in [0.05, 0.1) is 27.1 Å². The number of rotatable bonds is 5. The lowest BCUT2D eigenvalue weighted by atomic mass is 10.1. The summed E-state index contributed by atoms with van der Waals surface area (Å²) in [7, 11) is -2.53. The zero-order chi connectivity index (χ0) is 24.0. The number of carbonyl (C=O) groups is 2. The van der Waals surface area contributed by atoms with Gasteiger partial charge >= 0.3 is 0 Å². The molecule has 0 radical (unpaired) electrons. The molecule has 0 unspecified atom stereocenters. The van der Waals surface area contributed by atoms with E-state index in [-0.39, 0.29) is 28.0 Å². The zero-order valence-corrected chi connectivity index (χ0v) is 19.1. The number of sulfonamides is 1. The van der Waals surface area contributed by atoms with Crippen molar-refractivity contribution in [2.75, 3.05) is 17.1 Å². The van der Waals surface area contributed by atoms with E-state index in [1.54, 1.807) is 61.5 Å². The fraction of sp³-hybridized carbons (Fsp3) is 0.0833. The van der Waals surface area contributed by atoms with E-state index in [1.807, 2.05) is 0 Å². The van der Waals surface area contributed by atoms with E-state index in [0.29, 0.717) is 22.3 Å². The average molecular weight is 474 g/mol. The maximum atomic E-state index is 13.1. The molecule has 9 nitrogen and oxygen atoms in total. The third kappa shape index (κ3) is 3.73. The molecule has 0 aliphatic carbocycles. The van der Waals surface area contributed by atoms with Gasteiger partial charge in [0.15, 0.2) is 11.6 Å². The van der Waals surface area contributed by atoms with Gasteiger partial charge in [-0.1, -0.05) is 24.3 Å². The van der Waals surface area contributed by atoms with Crippen LogP contribution in [0.25, 0.3) is 11.0 Å². The monoisotopic (exact) mass is 473 g/mol. The number of carbonyl (C=O) groups excluding carboxylic acids is 2. The minimum atomic E-state index is -3.95. The predicted octanol–water partition coefficient (Wildman–Crippen LogP) is 3.71. The molecule has 0 bridgehead atoms. The Balaban J connectivity index is 1.57. The van der Waals surface area contributed by atoms with Gasteiger partial charge in [0.1, 0.15) is 0 Å². The Morgan fingerprint density at radius 2 is 1.47 bits per heavy atom. The fourth-order valence-corrected chi connectivity index (χ4v) is 4.82. The number of hydrogen-bond donors (Lipinski definition) is 2. The molecule has 3 aromatic carbocycles. The minimum absolute atomic E-state index is 0.000209. The maximum absolute atomic E-state index is 13.1. The van der Waals surface area contributed by atoms with Gasteiger partial charge in [0.2, 0.25) is 0 Å². The van der Waals surface area contributed by atoms with Crippen LogP contribution in [0.2, 0.25) is 0 Å². The third-order valence-corrected chi connectivity index (χ3v) is 6.79. The molecular formula is C24H19N5O4S. The second-order valence-corrected chi connectivity index (χ2v) is 9.57. The van der Waals surface area contributed by atoms with Crippen LogP contribution in [0, 0.1) is 6.92 Å². The first kappa shape index (κ1) is 21.5. The van der Waals surface area contributed by atoms with Crippen LogP contribution in [0.4, 0.5) is 17.3 Å². The molecule has 0 saturated heterocycles. The summed E-state index contributed by atoms with van der Waals surface area (Å²) in [6, 6.07) is 18.3. The van der Waals surface area contributed by atoms with Crippen LogP contribution >= 0.6 is 0 Å². The number of nitrogens with zero attached hydrogens (tertiary/aromatic N) is 3. The van der Waals surface area contributed by atoms with Crippen LogP contribution in [0.15, 0.2) is 71.6 Å². The van der Waals surface area contributed by atoms with Crippen molar-refractivity contribution in [2.24, 2.45) is 0 Å². The highest BCUT2D eigenvalue weighted by atomic mass is 32.2. The Hall–Kier alpha value is -4.31. The molecule has 0 fully saturated rings. The third-order valence-electron chi connectivity index (χ3n) is 5.45. The number of anilines is 3. The average Bonchev–Trinajstić information content (AvgIpc) is 3.03.